The lowest BCUT2D eigenvalue weighted by molar-refractivity contribution is -0.0107. The maximum Gasteiger partial charge on any atom is 0.125 e. The van der Waals surface area contributed by atoms with Crippen LogP contribution in [-0.2, 0) is 11.3 Å². The van der Waals surface area contributed by atoms with Gasteiger partial charge in [0.15, 0.2) is 0 Å². The van der Waals surface area contributed by atoms with Crippen LogP contribution in [0.25, 0.3) is 0 Å². The summed E-state index contributed by atoms with van der Waals surface area (Å²) in [5, 5.41) is 0. The van der Waals surface area contributed by atoms with Crippen molar-refractivity contribution >= 4 is 0 Å². The van der Waals surface area contributed by atoms with Crippen LogP contribution in [0.2, 0.25) is 0 Å². The minimum absolute atomic E-state index is 0.142. The van der Waals surface area contributed by atoms with Gasteiger partial charge in [-0.3, -0.25) is 4.90 Å². The predicted molar refractivity (Wildman–Crippen MR) is 88.8 cm³/mol. The molecule has 0 amide bonds. The number of likely N-dealkylation sites (tertiary alicyclic amines) is 1. The van der Waals surface area contributed by atoms with E-state index in [1.165, 1.54) is 12.0 Å². The number of hydrogen-bond acceptors (Lipinski definition) is 4. The second-order valence-corrected chi connectivity index (χ2v) is 6.70. The highest BCUT2D eigenvalue weighted by molar-refractivity contribution is 5.15. The van der Waals surface area contributed by atoms with Crippen LogP contribution in [0.4, 0.5) is 0 Å². The fraction of sp³-hybridized carbons (Fsp3) is 0.474. The van der Waals surface area contributed by atoms with Crippen molar-refractivity contribution in [2.75, 3.05) is 13.1 Å². The molecule has 1 aromatic carbocycles. The van der Waals surface area contributed by atoms with Crippen molar-refractivity contribution in [3.05, 3.63) is 59.7 Å². The van der Waals surface area contributed by atoms with E-state index >= 15 is 0 Å². The summed E-state index contributed by atoms with van der Waals surface area (Å²) >= 11 is 0. The van der Waals surface area contributed by atoms with E-state index in [2.05, 4.69) is 45.2 Å². The molecule has 2 aromatic rings. The average Bonchev–Trinajstić information content (AvgIpc) is 2.99. The Balaban J connectivity index is 1.40. The minimum Gasteiger partial charge on any atom is -0.367 e. The van der Waals surface area contributed by atoms with Gasteiger partial charge in [-0.2, -0.15) is 0 Å². The standard InChI is InChI=1S/C19H23N3O/c1-14-20-9-7-17(21-14)18-11-16-8-10-22(13-19(16)23-18)12-15-5-3-2-4-6-15/h2-7,9,16,18-19H,8,10-13H2,1H3/t16-,18+,19+/m0/s1. The third-order valence-electron chi connectivity index (χ3n) is 5.01. The summed E-state index contributed by atoms with van der Waals surface area (Å²) in [5.74, 6) is 1.49. The van der Waals surface area contributed by atoms with Crippen molar-refractivity contribution in [1.29, 1.82) is 0 Å². The van der Waals surface area contributed by atoms with Crippen LogP contribution in [0, 0.1) is 12.8 Å². The number of hydrogen-bond donors (Lipinski definition) is 0. The summed E-state index contributed by atoms with van der Waals surface area (Å²) in [6.45, 7) is 5.15. The Morgan fingerprint density at radius 1 is 1.22 bits per heavy atom. The van der Waals surface area contributed by atoms with E-state index in [1.54, 1.807) is 0 Å². The number of ether oxygens (including phenoxy) is 1. The molecule has 4 heteroatoms. The molecule has 3 heterocycles. The lowest BCUT2D eigenvalue weighted by Gasteiger charge is -2.34. The molecule has 4 nitrogen and oxygen atoms in total. The maximum absolute atomic E-state index is 6.34. The van der Waals surface area contributed by atoms with E-state index in [9.17, 15) is 0 Å². The number of aryl methyl sites for hydroxylation is 1. The van der Waals surface area contributed by atoms with Gasteiger partial charge in [0, 0.05) is 19.3 Å². The zero-order valence-electron chi connectivity index (χ0n) is 13.6. The molecule has 0 spiro atoms. The van der Waals surface area contributed by atoms with E-state index in [1.807, 2.05) is 19.2 Å². The van der Waals surface area contributed by atoms with E-state index in [4.69, 9.17) is 4.74 Å². The first-order chi connectivity index (χ1) is 11.3. The molecule has 2 fully saturated rings. The second kappa shape index (κ2) is 6.38. The van der Waals surface area contributed by atoms with Crippen molar-refractivity contribution in [2.24, 2.45) is 5.92 Å². The molecule has 0 radical (unpaired) electrons. The van der Waals surface area contributed by atoms with Gasteiger partial charge in [0.2, 0.25) is 0 Å². The van der Waals surface area contributed by atoms with Crippen molar-refractivity contribution < 1.29 is 4.74 Å². The highest BCUT2D eigenvalue weighted by Gasteiger charge is 2.40. The van der Waals surface area contributed by atoms with Gasteiger partial charge in [0.1, 0.15) is 11.9 Å². The smallest absolute Gasteiger partial charge is 0.125 e. The van der Waals surface area contributed by atoms with Gasteiger partial charge in [-0.25, -0.2) is 9.97 Å². The number of piperidine rings is 1. The number of fused-ring (bicyclic) bond motifs is 1. The molecular weight excluding hydrogens is 286 g/mol. The van der Waals surface area contributed by atoms with Crippen LogP contribution in [0.5, 0.6) is 0 Å². The van der Waals surface area contributed by atoms with E-state index in [-0.39, 0.29) is 6.10 Å². The summed E-state index contributed by atoms with van der Waals surface area (Å²) < 4.78 is 6.34. The molecule has 1 aromatic heterocycles. The topological polar surface area (TPSA) is 38.2 Å². The molecule has 0 bridgehead atoms. The normalized spacial score (nSPS) is 27.8. The highest BCUT2D eigenvalue weighted by atomic mass is 16.5. The maximum atomic E-state index is 6.34. The van der Waals surface area contributed by atoms with Crippen molar-refractivity contribution in [2.45, 2.75) is 38.5 Å². The third-order valence-corrected chi connectivity index (χ3v) is 5.01. The summed E-state index contributed by atoms with van der Waals surface area (Å²) in [5.41, 5.74) is 2.42. The lowest BCUT2D eigenvalue weighted by atomic mass is 9.91. The van der Waals surface area contributed by atoms with Gasteiger partial charge in [-0.15, -0.1) is 0 Å². The zero-order valence-corrected chi connectivity index (χ0v) is 13.6. The molecule has 0 aliphatic carbocycles. The molecule has 120 valence electrons. The SMILES string of the molecule is Cc1nccc([C@H]2C[C@@H]3CCN(Cc4ccccc4)C[C@H]3O2)n1. The average molecular weight is 309 g/mol. The molecular formula is C19H23N3O. The summed E-state index contributed by atoms with van der Waals surface area (Å²) in [7, 11) is 0. The first-order valence-corrected chi connectivity index (χ1v) is 8.49. The van der Waals surface area contributed by atoms with Crippen LogP contribution in [-0.4, -0.2) is 34.1 Å². The Morgan fingerprint density at radius 2 is 2.09 bits per heavy atom. The first kappa shape index (κ1) is 14.8. The van der Waals surface area contributed by atoms with Gasteiger partial charge in [0.25, 0.3) is 0 Å². The summed E-state index contributed by atoms with van der Waals surface area (Å²) in [4.78, 5) is 11.3. The minimum atomic E-state index is 0.142. The van der Waals surface area contributed by atoms with Crippen LogP contribution in [0.3, 0.4) is 0 Å². The zero-order chi connectivity index (χ0) is 15.6. The number of nitrogens with zero attached hydrogens (tertiary/aromatic N) is 3. The second-order valence-electron chi connectivity index (χ2n) is 6.70. The number of benzene rings is 1. The quantitative estimate of drug-likeness (QED) is 0.873. The van der Waals surface area contributed by atoms with Gasteiger partial charge in [0.05, 0.1) is 11.8 Å². The molecule has 4 rings (SSSR count). The molecule has 3 atom stereocenters. The highest BCUT2D eigenvalue weighted by Crippen LogP contribution is 2.40. The lowest BCUT2D eigenvalue weighted by Crippen LogP contribution is -2.41. The van der Waals surface area contributed by atoms with Crippen molar-refractivity contribution in [3.8, 4) is 0 Å². The Kier molecular flexibility index (Phi) is 4.10. The third kappa shape index (κ3) is 3.28. The van der Waals surface area contributed by atoms with Crippen LogP contribution in [0.15, 0.2) is 42.6 Å². The molecule has 2 aliphatic heterocycles. The molecule has 2 saturated heterocycles. The number of aromatic nitrogens is 2. The van der Waals surface area contributed by atoms with Crippen LogP contribution in [0.1, 0.15) is 36.0 Å². The Labute approximate surface area is 137 Å². The molecule has 23 heavy (non-hydrogen) atoms. The van der Waals surface area contributed by atoms with Gasteiger partial charge in [-0.05, 0) is 43.9 Å². The Bertz CT molecular complexity index is 661. The number of rotatable bonds is 3. The largest absolute Gasteiger partial charge is 0.367 e. The van der Waals surface area contributed by atoms with E-state index in [0.717, 1.165) is 37.6 Å². The fourth-order valence-corrected chi connectivity index (χ4v) is 3.82. The molecule has 0 N–H and O–H groups in total. The van der Waals surface area contributed by atoms with Gasteiger partial charge >= 0.3 is 0 Å². The molecule has 0 unspecified atom stereocenters. The Morgan fingerprint density at radius 3 is 2.91 bits per heavy atom. The van der Waals surface area contributed by atoms with Gasteiger partial charge < -0.3 is 4.74 Å². The Hall–Kier alpha value is -1.78. The molecule has 2 aliphatic rings. The van der Waals surface area contributed by atoms with Crippen LogP contribution >= 0.6 is 0 Å². The van der Waals surface area contributed by atoms with E-state index < -0.39 is 0 Å². The van der Waals surface area contributed by atoms with Gasteiger partial charge in [-0.1, -0.05) is 30.3 Å². The summed E-state index contributed by atoms with van der Waals surface area (Å²) in [6.07, 6.45) is 4.64. The van der Waals surface area contributed by atoms with E-state index in [0.29, 0.717) is 12.0 Å². The molecule has 0 saturated carbocycles. The van der Waals surface area contributed by atoms with Crippen LogP contribution < -0.4 is 0 Å². The van der Waals surface area contributed by atoms with Crippen molar-refractivity contribution in [1.82, 2.24) is 14.9 Å². The van der Waals surface area contributed by atoms with Crippen molar-refractivity contribution in [3.63, 3.8) is 0 Å². The fourth-order valence-electron chi connectivity index (χ4n) is 3.82. The monoisotopic (exact) mass is 309 g/mol. The predicted octanol–water partition coefficient (Wildman–Crippen LogP) is 3.14. The first-order valence-electron chi connectivity index (χ1n) is 8.49. The summed E-state index contributed by atoms with van der Waals surface area (Å²) in [6, 6.07) is 12.7.